The normalized spacial score (nSPS) is 24.4. The van der Waals surface area contributed by atoms with E-state index in [1.165, 1.54) is 37.9 Å². The molecule has 3 nitrogen and oxygen atoms in total. The molecular weight excluding hydrogens is 222 g/mol. The zero-order valence-electron chi connectivity index (χ0n) is 11.4. The van der Waals surface area contributed by atoms with Crippen LogP contribution in [0, 0.1) is 5.92 Å². The Morgan fingerprint density at radius 1 is 1.28 bits per heavy atom. The fourth-order valence-electron chi connectivity index (χ4n) is 2.75. The van der Waals surface area contributed by atoms with Gasteiger partial charge in [-0.3, -0.25) is 4.98 Å². The maximum atomic E-state index is 5.94. The van der Waals surface area contributed by atoms with Gasteiger partial charge in [0.25, 0.3) is 0 Å². The van der Waals surface area contributed by atoms with Crippen LogP contribution in [0.3, 0.4) is 0 Å². The smallest absolute Gasteiger partial charge is 0.0416 e. The minimum Gasteiger partial charge on any atom is -0.328 e. The van der Waals surface area contributed by atoms with E-state index in [1.807, 2.05) is 12.3 Å². The van der Waals surface area contributed by atoms with Gasteiger partial charge in [0.05, 0.1) is 0 Å². The van der Waals surface area contributed by atoms with E-state index < -0.39 is 0 Å². The standard InChI is InChI=1S/C15H25N3/c1-18(11-9-15-4-2-3-10-17-15)12-13-5-7-14(16)8-6-13/h2-4,10,13-14H,5-9,11-12,16H2,1H3. The summed E-state index contributed by atoms with van der Waals surface area (Å²) >= 11 is 0. The van der Waals surface area contributed by atoms with Gasteiger partial charge in [0.1, 0.15) is 0 Å². The van der Waals surface area contributed by atoms with Crippen LogP contribution in [0.5, 0.6) is 0 Å². The third kappa shape index (κ3) is 4.39. The van der Waals surface area contributed by atoms with E-state index in [2.05, 4.69) is 29.1 Å². The molecule has 3 heteroatoms. The maximum absolute atomic E-state index is 5.94. The fraction of sp³-hybridized carbons (Fsp3) is 0.667. The third-order valence-corrected chi connectivity index (χ3v) is 3.94. The molecule has 1 saturated carbocycles. The highest BCUT2D eigenvalue weighted by Gasteiger charge is 2.19. The average molecular weight is 247 g/mol. The van der Waals surface area contributed by atoms with Crippen molar-refractivity contribution < 1.29 is 0 Å². The van der Waals surface area contributed by atoms with Gasteiger partial charge in [0.2, 0.25) is 0 Å². The highest BCUT2D eigenvalue weighted by Crippen LogP contribution is 2.23. The lowest BCUT2D eigenvalue weighted by atomic mass is 9.86. The molecule has 2 rings (SSSR count). The molecule has 0 spiro atoms. The van der Waals surface area contributed by atoms with Gasteiger partial charge < -0.3 is 10.6 Å². The quantitative estimate of drug-likeness (QED) is 0.866. The predicted octanol–water partition coefficient (Wildman–Crippen LogP) is 2.07. The summed E-state index contributed by atoms with van der Waals surface area (Å²) in [6, 6.07) is 6.59. The Labute approximate surface area is 110 Å². The SMILES string of the molecule is CN(CCc1ccccn1)CC1CCC(N)CC1. The van der Waals surface area contributed by atoms with Crippen LogP contribution in [-0.2, 0) is 6.42 Å². The third-order valence-electron chi connectivity index (χ3n) is 3.94. The predicted molar refractivity (Wildman–Crippen MR) is 75.4 cm³/mol. The first-order valence-corrected chi connectivity index (χ1v) is 7.08. The fourth-order valence-corrected chi connectivity index (χ4v) is 2.75. The Morgan fingerprint density at radius 2 is 2.06 bits per heavy atom. The zero-order valence-corrected chi connectivity index (χ0v) is 11.4. The van der Waals surface area contributed by atoms with E-state index >= 15 is 0 Å². The molecule has 0 atom stereocenters. The summed E-state index contributed by atoms with van der Waals surface area (Å²) in [6.45, 7) is 2.30. The second-order valence-corrected chi connectivity index (χ2v) is 5.61. The van der Waals surface area contributed by atoms with E-state index in [9.17, 15) is 0 Å². The summed E-state index contributed by atoms with van der Waals surface area (Å²) in [5, 5.41) is 0. The van der Waals surface area contributed by atoms with Gasteiger partial charge in [-0.1, -0.05) is 6.07 Å². The van der Waals surface area contributed by atoms with E-state index in [-0.39, 0.29) is 0 Å². The topological polar surface area (TPSA) is 42.2 Å². The minimum absolute atomic E-state index is 0.458. The lowest BCUT2D eigenvalue weighted by Crippen LogP contribution is -2.33. The summed E-state index contributed by atoms with van der Waals surface area (Å²) in [4.78, 5) is 6.80. The van der Waals surface area contributed by atoms with Crippen LogP contribution in [0.25, 0.3) is 0 Å². The van der Waals surface area contributed by atoms with Gasteiger partial charge in [-0.2, -0.15) is 0 Å². The van der Waals surface area contributed by atoms with Gasteiger partial charge >= 0.3 is 0 Å². The number of aromatic nitrogens is 1. The van der Waals surface area contributed by atoms with Crippen molar-refractivity contribution >= 4 is 0 Å². The molecule has 2 N–H and O–H groups in total. The highest BCUT2D eigenvalue weighted by atomic mass is 15.1. The molecule has 1 aliphatic rings. The molecule has 1 heterocycles. The van der Waals surface area contributed by atoms with Crippen molar-refractivity contribution in [3.05, 3.63) is 30.1 Å². The first-order chi connectivity index (χ1) is 8.74. The van der Waals surface area contributed by atoms with Gasteiger partial charge in [0.15, 0.2) is 0 Å². The van der Waals surface area contributed by atoms with Crippen LogP contribution in [0.1, 0.15) is 31.4 Å². The minimum atomic E-state index is 0.458. The monoisotopic (exact) mass is 247 g/mol. The van der Waals surface area contributed by atoms with Crippen molar-refractivity contribution in [3.8, 4) is 0 Å². The first kappa shape index (κ1) is 13.5. The molecule has 1 aromatic heterocycles. The van der Waals surface area contributed by atoms with Crippen LogP contribution in [0.2, 0.25) is 0 Å². The number of hydrogen-bond acceptors (Lipinski definition) is 3. The van der Waals surface area contributed by atoms with Gasteiger partial charge in [0, 0.05) is 37.4 Å². The van der Waals surface area contributed by atoms with E-state index in [4.69, 9.17) is 5.73 Å². The first-order valence-electron chi connectivity index (χ1n) is 7.08. The lowest BCUT2D eigenvalue weighted by Gasteiger charge is -2.29. The van der Waals surface area contributed by atoms with Crippen molar-refractivity contribution in [1.29, 1.82) is 0 Å². The summed E-state index contributed by atoms with van der Waals surface area (Å²) in [6.07, 6.45) is 7.93. The molecule has 0 unspecified atom stereocenters. The van der Waals surface area contributed by atoms with Crippen molar-refractivity contribution in [2.45, 2.75) is 38.1 Å². The Bertz CT molecular complexity index is 331. The van der Waals surface area contributed by atoms with Crippen LogP contribution < -0.4 is 5.73 Å². The number of rotatable bonds is 5. The van der Waals surface area contributed by atoms with Crippen molar-refractivity contribution in [1.82, 2.24) is 9.88 Å². The maximum Gasteiger partial charge on any atom is 0.0416 e. The molecule has 100 valence electrons. The largest absolute Gasteiger partial charge is 0.328 e. The van der Waals surface area contributed by atoms with Crippen molar-refractivity contribution in [3.63, 3.8) is 0 Å². The second kappa shape index (κ2) is 6.86. The van der Waals surface area contributed by atoms with Gasteiger partial charge in [-0.15, -0.1) is 0 Å². The molecular formula is C15H25N3. The summed E-state index contributed by atoms with van der Waals surface area (Å²) in [5.41, 5.74) is 7.13. The Hall–Kier alpha value is -0.930. The van der Waals surface area contributed by atoms with Crippen molar-refractivity contribution in [2.24, 2.45) is 11.7 Å². The molecule has 1 aromatic rings. The molecule has 0 amide bonds. The zero-order chi connectivity index (χ0) is 12.8. The van der Waals surface area contributed by atoms with Gasteiger partial charge in [-0.05, 0) is 50.8 Å². The van der Waals surface area contributed by atoms with Crippen LogP contribution >= 0.6 is 0 Å². The Balaban J connectivity index is 1.67. The number of pyridine rings is 1. The summed E-state index contributed by atoms with van der Waals surface area (Å²) < 4.78 is 0. The molecule has 0 saturated heterocycles. The van der Waals surface area contributed by atoms with Crippen LogP contribution in [-0.4, -0.2) is 36.1 Å². The van der Waals surface area contributed by atoms with Crippen molar-refractivity contribution in [2.75, 3.05) is 20.1 Å². The summed E-state index contributed by atoms with van der Waals surface area (Å²) in [5.74, 6) is 0.846. The van der Waals surface area contributed by atoms with E-state index in [0.29, 0.717) is 6.04 Å². The van der Waals surface area contributed by atoms with Crippen LogP contribution in [0.15, 0.2) is 24.4 Å². The number of nitrogens with zero attached hydrogens (tertiary/aromatic N) is 2. The molecule has 0 radical (unpaired) electrons. The number of nitrogens with two attached hydrogens (primary N) is 1. The molecule has 1 aliphatic carbocycles. The Kier molecular flexibility index (Phi) is 5.14. The molecule has 1 fully saturated rings. The summed E-state index contributed by atoms with van der Waals surface area (Å²) in [7, 11) is 2.22. The lowest BCUT2D eigenvalue weighted by molar-refractivity contribution is 0.225. The Morgan fingerprint density at radius 3 is 2.72 bits per heavy atom. The van der Waals surface area contributed by atoms with Gasteiger partial charge in [-0.25, -0.2) is 0 Å². The molecule has 0 aliphatic heterocycles. The molecule has 0 bridgehead atoms. The van der Waals surface area contributed by atoms with Crippen LogP contribution in [0.4, 0.5) is 0 Å². The van der Waals surface area contributed by atoms with E-state index in [0.717, 1.165) is 18.9 Å². The second-order valence-electron chi connectivity index (χ2n) is 5.61. The number of hydrogen-bond donors (Lipinski definition) is 1. The highest BCUT2D eigenvalue weighted by molar-refractivity contribution is 5.03. The molecule has 18 heavy (non-hydrogen) atoms. The molecule has 0 aromatic carbocycles. The van der Waals surface area contributed by atoms with E-state index in [1.54, 1.807) is 0 Å². The number of likely N-dealkylation sites (N-methyl/N-ethyl adjacent to an activating group) is 1. The average Bonchev–Trinajstić information content (AvgIpc) is 2.40.